The summed E-state index contributed by atoms with van der Waals surface area (Å²) >= 11 is 0. The minimum absolute atomic E-state index is 0. The van der Waals surface area contributed by atoms with E-state index in [1.54, 1.807) is 0 Å². The Kier molecular flexibility index (Phi) is 29.0. The van der Waals surface area contributed by atoms with Crippen LogP contribution in [-0.4, -0.2) is 17.9 Å². The van der Waals surface area contributed by atoms with Gasteiger partial charge in [0.1, 0.15) is 0 Å². The molecule has 0 aromatic rings. The van der Waals surface area contributed by atoms with Crippen molar-refractivity contribution in [2.24, 2.45) is 0 Å². The average molecular weight is 391 g/mol. The molecule has 19 heavy (non-hydrogen) atoms. The molecule has 10 heteroatoms. The topological polar surface area (TPSA) is 192 Å². The molecule has 0 radical (unpaired) electrons. The molecule has 0 spiro atoms. The Labute approximate surface area is 136 Å². The maximum Gasteiger partial charge on any atom is 3.00 e. The van der Waals surface area contributed by atoms with Gasteiger partial charge < -0.3 is 29.7 Å². The molecule has 96 valence electrons. The van der Waals surface area contributed by atoms with Crippen LogP contribution in [-0.2, 0) is 14.4 Å². The first kappa shape index (κ1) is 25.8. The largest absolute Gasteiger partial charge is 3.00 e. The summed E-state index contributed by atoms with van der Waals surface area (Å²) in [6.45, 7) is 0. The third kappa shape index (κ3) is 63.6. The first-order chi connectivity index (χ1) is 8.31. The third-order valence-corrected chi connectivity index (χ3v) is 0.670. The van der Waals surface area contributed by atoms with Gasteiger partial charge in [0.25, 0.3) is 0 Å². The molecule has 0 heterocycles. The Bertz CT molecular complexity index is 342. The molecular formula is C9H6LaN3O6. The molecule has 0 aromatic carbocycles. The summed E-state index contributed by atoms with van der Waals surface area (Å²) in [4.78, 5) is 27.8. The van der Waals surface area contributed by atoms with Gasteiger partial charge in [0.05, 0.1) is 55.4 Å². The van der Waals surface area contributed by atoms with Crippen LogP contribution in [0.2, 0.25) is 0 Å². The predicted molar refractivity (Wildman–Crippen MR) is 45.7 cm³/mol. The van der Waals surface area contributed by atoms with Gasteiger partial charge in [-0.05, 0) is 0 Å². The number of aliphatic carboxylic acids is 3. The SMILES string of the molecule is N#CCC(=O)[O-].N#CCC(=O)[O-].N#CCC(=O)[O-].[La+3]. The normalized spacial score (nSPS) is 6.16. The molecule has 0 aromatic heterocycles. The molecule has 0 N–H and O–H groups in total. The van der Waals surface area contributed by atoms with Gasteiger partial charge in [-0.25, -0.2) is 0 Å². The fourth-order valence-corrected chi connectivity index (χ4v) is 0.194. The summed E-state index contributed by atoms with van der Waals surface area (Å²) in [5.74, 6) is -3.97. The van der Waals surface area contributed by atoms with Gasteiger partial charge in [-0.15, -0.1) is 0 Å². The van der Waals surface area contributed by atoms with E-state index in [9.17, 15) is 29.7 Å². The first-order valence-corrected chi connectivity index (χ1v) is 4.02. The van der Waals surface area contributed by atoms with Crippen molar-refractivity contribution in [3.05, 3.63) is 0 Å². The van der Waals surface area contributed by atoms with E-state index in [1.807, 2.05) is 0 Å². The Hall–Kier alpha value is -1.93. The summed E-state index contributed by atoms with van der Waals surface area (Å²) in [6.07, 6.45) is -1.54. The van der Waals surface area contributed by atoms with Crippen molar-refractivity contribution in [3.8, 4) is 18.2 Å². The number of carbonyl (C=O) groups excluding carboxylic acids is 3. The summed E-state index contributed by atoms with van der Waals surface area (Å²) in [7, 11) is 0. The van der Waals surface area contributed by atoms with Gasteiger partial charge in [-0.1, -0.05) is 0 Å². The number of carboxylic acids is 3. The molecule has 0 saturated heterocycles. The Morgan fingerprint density at radius 2 is 0.842 bits per heavy atom. The van der Waals surface area contributed by atoms with Crippen LogP contribution >= 0.6 is 0 Å². The molecule has 0 amide bonds. The zero-order valence-electron chi connectivity index (χ0n) is 9.49. The van der Waals surface area contributed by atoms with E-state index in [4.69, 9.17) is 15.8 Å². The molecule has 0 unspecified atom stereocenters. The minimum atomic E-state index is -1.32. The minimum Gasteiger partial charge on any atom is -0.549 e. The van der Waals surface area contributed by atoms with E-state index in [0.717, 1.165) is 0 Å². The van der Waals surface area contributed by atoms with Crippen molar-refractivity contribution in [2.75, 3.05) is 0 Å². The van der Waals surface area contributed by atoms with Crippen LogP contribution < -0.4 is 15.3 Å². The van der Waals surface area contributed by atoms with E-state index < -0.39 is 37.2 Å². The van der Waals surface area contributed by atoms with E-state index in [2.05, 4.69) is 0 Å². The van der Waals surface area contributed by atoms with E-state index in [-0.39, 0.29) is 35.6 Å². The van der Waals surface area contributed by atoms with Crippen LogP contribution in [0.3, 0.4) is 0 Å². The van der Waals surface area contributed by atoms with Gasteiger partial charge in [0.2, 0.25) is 0 Å². The molecule has 0 saturated carbocycles. The zero-order chi connectivity index (χ0) is 15.0. The molecular weight excluding hydrogens is 385 g/mol. The Balaban J connectivity index is -0.0000000865. The number of hydrogen-bond donors (Lipinski definition) is 0. The summed E-state index contributed by atoms with van der Waals surface area (Å²) in [5.41, 5.74) is 0. The maximum atomic E-state index is 9.27. The molecule has 0 fully saturated rings. The summed E-state index contributed by atoms with van der Waals surface area (Å²) in [6, 6.07) is 4.22. The van der Waals surface area contributed by atoms with Crippen LogP contribution in [0.25, 0.3) is 0 Å². The van der Waals surface area contributed by atoms with Crippen LogP contribution in [0.1, 0.15) is 19.3 Å². The molecule has 0 atom stereocenters. The standard InChI is InChI=1S/3C3H3NO2.La/c3*4-2-1-3(5)6;/h3*1H2,(H,5,6);/q;;;+3/p-3. The molecule has 0 rings (SSSR count). The van der Waals surface area contributed by atoms with Crippen molar-refractivity contribution in [1.29, 1.82) is 15.8 Å². The molecule has 0 bridgehead atoms. The number of nitrogens with zero attached hydrogens (tertiary/aromatic N) is 3. The average Bonchev–Trinajstić information content (AvgIpc) is 2.18. The van der Waals surface area contributed by atoms with Gasteiger partial charge in [0.15, 0.2) is 0 Å². The van der Waals surface area contributed by atoms with E-state index in [0.29, 0.717) is 0 Å². The maximum absolute atomic E-state index is 9.27. The van der Waals surface area contributed by atoms with Crippen molar-refractivity contribution < 1.29 is 65.3 Å². The van der Waals surface area contributed by atoms with Gasteiger partial charge in [0, 0.05) is 0 Å². The Morgan fingerprint density at radius 3 is 0.842 bits per heavy atom. The van der Waals surface area contributed by atoms with Gasteiger partial charge in [-0.2, -0.15) is 15.8 Å². The molecule has 9 nitrogen and oxygen atoms in total. The van der Waals surface area contributed by atoms with Crippen LogP contribution in [0.5, 0.6) is 0 Å². The van der Waals surface area contributed by atoms with Crippen molar-refractivity contribution >= 4 is 17.9 Å². The van der Waals surface area contributed by atoms with E-state index in [1.165, 1.54) is 18.2 Å². The fraction of sp³-hybridized carbons (Fsp3) is 0.333. The second kappa shape index (κ2) is 21.4. The van der Waals surface area contributed by atoms with Crippen LogP contribution in [0, 0.1) is 69.6 Å². The zero-order valence-corrected chi connectivity index (χ0v) is 13.1. The number of carbonyl (C=O) groups is 3. The number of carboxylic acid groups (broad SMARTS) is 3. The van der Waals surface area contributed by atoms with E-state index >= 15 is 0 Å². The molecule has 0 aliphatic rings. The second-order valence-electron chi connectivity index (χ2n) is 2.12. The molecule has 0 aliphatic heterocycles. The Morgan fingerprint density at radius 1 is 0.684 bits per heavy atom. The van der Waals surface area contributed by atoms with Gasteiger partial charge in [-0.3, -0.25) is 0 Å². The van der Waals surface area contributed by atoms with Crippen molar-refractivity contribution in [2.45, 2.75) is 19.3 Å². The predicted octanol–water partition coefficient (Wildman–Crippen LogP) is -4.05. The first-order valence-electron chi connectivity index (χ1n) is 4.02. The monoisotopic (exact) mass is 391 g/mol. The van der Waals surface area contributed by atoms with Crippen molar-refractivity contribution in [1.82, 2.24) is 0 Å². The molecule has 0 aliphatic carbocycles. The van der Waals surface area contributed by atoms with Crippen LogP contribution in [0.15, 0.2) is 0 Å². The third-order valence-electron chi connectivity index (χ3n) is 0.670. The number of hydrogen-bond acceptors (Lipinski definition) is 9. The second-order valence-corrected chi connectivity index (χ2v) is 2.12. The quantitative estimate of drug-likeness (QED) is 0.460. The summed E-state index contributed by atoms with van der Waals surface area (Å²) < 4.78 is 0. The summed E-state index contributed by atoms with van der Waals surface area (Å²) in [5, 5.41) is 50.5. The van der Waals surface area contributed by atoms with Gasteiger partial charge >= 0.3 is 35.6 Å². The number of rotatable bonds is 3. The van der Waals surface area contributed by atoms with Crippen LogP contribution in [0.4, 0.5) is 0 Å². The number of nitriles is 3. The fourth-order valence-electron chi connectivity index (χ4n) is 0.194. The van der Waals surface area contributed by atoms with Crippen molar-refractivity contribution in [3.63, 3.8) is 0 Å². The smallest absolute Gasteiger partial charge is 0.549 e.